The molecule has 0 aliphatic carbocycles. The Morgan fingerprint density at radius 3 is 2.37 bits per heavy atom. The van der Waals surface area contributed by atoms with Crippen LogP contribution in [0.25, 0.3) is 10.8 Å². The number of sulfonamides is 1. The molecule has 0 atom stereocenters. The van der Waals surface area contributed by atoms with Crippen molar-refractivity contribution in [1.29, 1.82) is 0 Å². The summed E-state index contributed by atoms with van der Waals surface area (Å²) in [6, 6.07) is 18.6. The second-order valence-electron chi connectivity index (χ2n) is 5.82. The highest BCUT2D eigenvalue weighted by atomic mass is 32.2. The molecule has 7 heteroatoms. The molecule has 6 nitrogen and oxygen atoms in total. The Hall–Kier alpha value is -3.06. The molecule has 0 spiro atoms. The summed E-state index contributed by atoms with van der Waals surface area (Å²) >= 11 is 0. The molecule has 0 aromatic heterocycles. The quantitative estimate of drug-likeness (QED) is 0.673. The van der Waals surface area contributed by atoms with Gasteiger partial charge in [-0.3, -0.25) is 9.10 Å². The molecule has 27 heavy (non-hydrogen) atoms. The molecule has 0 unspecified atom stereocenters. The van der Waals surface area contributed by atoms with E-state index in [0.29, 0.717) is 12.4 Å². The Balaban J connectivity index is 2.14. The van der Waals surface area contributed by atoms with E-state index in [1.54, 1.807) is 37.3 Å². The minimum Gasteiger partial charge on any atom is -0.492 e. The lowest BCUT2D eigenvalue weighted by Crippen LogP contribution is -2.36. The number of carboxylic acids is 1. The van der Waals surface area contributed by atoms with Crippen LogP contribution in [0.15, 0.2) is 71.6 Å². The molecular weight excluding hydrogens is 366 g/mol. The smallest absolute Gasteiger partial charge is 0.324 e. The SMILES string of the molecule is CCOc1ccccc1N(CC(=O)O)S(=O)(=O)c1ccc2ccccc2c1. The summed E-state index contributed by atoms with van der Waals surface area (Å²) in [6.45, 7) is 1.39. The number of carbonyl (C=O) groups is 1. The molecular formula is C20H19NO5S. The zero-order valence-corrected chi connectivity index (χ0v) is 15.5. The molecule has 0 radical (unpaired) electrons. The summed E-state index contributed by atoms with van der Waals surface area (Å²) in [5.41, 5.74) is 0.190. The van der Waals surface area contributed by atoms with Gasteiger partial charge in [-0.15, -0.1) is 0 Å². The average Bonchev–Trinajstić information content (AvgIpc) is 2.66. The van der Waals surface area contributed by atoms with Gasteiger partial charge in [-0.05, 0) is 42.0 Å². The lowest BCUT2D eigenvalue weighted by atomic mass is 10.1. The average molecular weight is 385 g/mol. The van der Waals surface area contributed by atoms with Crippen molar-refractivity contribution in [1.82, 2.24) is 0 Å². The third kappa shape index (κ3) is 3.88. The molecule has 0 fully saturated rings. The largest absolute Gasteiger partial charge is 0.492 e. The minimum atomic E-state index is -4.11. The van der Waals surface area contributed by atoms with Gasteiger partial charge in [0.25, 0.3) is 10.0 Å². The van der Waals surface area contributed by atoms with Crippen molar-refractivity contribution in [3.05, 3.63) is 66.7 Å². The molecule has 0 bridgehead atoms. The monoisotopic (exact) mass is 385 g/mol. The van der Waals surface area contributed by atoms with Crippen LogP contribution in [0, 0.1) is 0 Å². The fourth-order valence-electron chi connectivity index (χ4n) is 2.82. The van der Waals surface area contributed by atoms with Crippen molar-refractivity contribution >= 4 is 32.5 Å². The van der Waals surface area contributed by atoms with Crippen LogP contribution in [0.1, 0.15) is 6.92 Å². The standard InChI is InChI=1S/C20H19NO5S/c1-2-26-19-10-6-5-9-18(19)21(14-20(22)23)27(24,25)17-12-11-15-7-3-4-8-16(15)13-17/h3-13H,2,14H2,1H3,(H,22,23). The van der Waals surface area contributed by atoms with Gasteiger partial charge in [0.2, 0.25) is 0 Å². The Kier molecular flexibility index (Phi) is 5.32. The molecule has 0 saturated heterocycles. The number of hydrogen-bond acceptors (Lipinski definition) is 4. The Morgan fingerprint density at radius 2 is 1.67 bits per heavy atom. The zero-order chi connectivity index (χ0) is 19.4. The van der Waals surface area contributed by atoms with E-state index in [9.17, 15) is 18.3 Å². The highest BCUT2D eigenvalue weighted by molar-refractivity contribution is 7.92. The van der Waals surface area contributed by atoms with E-state index in [-0.39, 0.29) is 10.6 Å². The van der Waals surface area contributed by atoms with Gasteiger partial charge in [0, 0.05) is 0 Å². The highest BCUT2D eigenvalue weighted by Crippen LogP contribution is 2.33. The predicted molar refractivity (Wildman–Crippen MR) is 104 cm³/mol. The second-order valence-corrected chi connectivity index (χ2v) is 7.68. The van der Waals surface area contributed by atoms with E-state index in [1.807, 2.05) is 24.3 Å². The molecule has 0 heterocycles. The maximum Gasteiger partial charge on any atom is 0.324 e. The number of benzene rings is 3. The van der Waals surface area contributed by atoms with E-state index >= 15 is 0 Å². The molecule has 0 aliphatic heterocycles. The van der Waals surface area contributed by atoms with Gasteiger partial charge >= 0.3 is 5.97 Å². The van der Waals surface area contributed by atoms with E-state index in [2.05, 4.69) is 0 Å². The number of nitrogens with zero attached hydrogens (tertiary/aromatic N) is 1. The first kappa shape index (κ1) is 18.7. The minimum absolute atomic E-state index is 0.0220. The number of ether oxygens (including phenoxy) is 1. The molecule has 0 amide bonds. The summed E-state index contributed by atoms with van der Waals surface area (Å²) in [6.07, 6.45) is 0. The first-order chi connectivity index (χ1) is 12.9. The zero-order valence-electron chi connectivity index (χ0n) is 14.7. The first-order valence-electron chi connectivity index (χ1n) is 8.38. The lowest BCUT2D eigenvalue weighted by molar-refractivity contribution is -0.135. The van der Waals surface area contributed by atoms with Crippen molar-refractivity contribution in [2.45, 2.75) is 11.8 Å². The number of aliphatic carboxylic acids is 1. The van der Waals surface area contributed by atoms with Crippen LogP contribution in [0.4, 0.5) is 5.69 Å². The molecule has 1 N–H and O–H groups in total. The summed E-state index contributed by atoms with van der Waals surface area (Å²) in [4.78, 5) is 11.4. The van der Waals surface area contributed by atoms with Crippen LogP contribution >= 0.6 is 0 Å². The van der Waals surface area contributed by atoms with Crippen molar-refractivity contribution in [2.75, 3.05) is 17.5 Å². The van der Waals surface area contributed by atoms with E-state index in [4.69, 9.17) is 4.74 Å². The van der Waals surface area contributed by atoms with Gasteiger partial charge in [-0.1, -0.05) is 42.5 Å². The Morgan fingerprint density at radius 1 is 1.00 bits per heavy atom. The van der Waals surface area contributed by atoms with Gasteiger partial charge in [0.05, 0.1) is 17.2 Å². The fraction of sp³-hybridized carbons (Fsp3) is 0.150. The van der Waals surface area contributed by atoms with Crippen molar-refractivity contribution in [2.24, 2.45) is 0 Å². The lowest BCUT2D eigenvalue weighted by Gasteiger charge is -2.25. The molecule has 0 saturated carbocycles. The summed E-state index contributed by atoms with van der Waals surface area (Å²) in [5.74, 6) is -0.948. The number of fused-ring (bicyclic) bond motifs is 1. The normalized spacial score (nSPS) is 11.3. The van der Waals surface area contributed by atoms with Crippen LogP contribution in [0.5, 0.6) is 5.75 Å². The van der Waals surface area contributed by atoms with Crippen molar-refractivity contribution in [3.63, 3.8) is 0 Å². The van der Waals surface area contributed by atoms with Crippen LogP contribution < -0.4 is 9.04 Å². The van der Waals surface area contributed by atoms with E-state index in [0.717, 1.165) is 15.1 Å². The summed E-state index contributed by atoms with van der Waals surface area (Å²) in [7, 11) is -4.11. The van der Waals surface area contributed by atoms with Crippen molar-refractivity contribution in [3.8, 4) is 5.75 Å². The van der Waals surface area contributed by atoms with Gasteiger partial charge in [-0.25, -0.2) is 8.42 Å². The predicted octanol–water partition coefficient (Wildman–Crippen LogP) is 3.52. The third-order valence-electron chi connectivity index (χ3n) is 4.02. The van der Waals surface area contributed by atoms with Crippen molar-refractivity contribution < 1.29 is 23.1 Å². The van der Waals surface area contributed by atoms with Crippen LogP contribution in [0.2, 0.25) is 0 Å². The molecule has 3 rings (SSSR count). The number of anilines is 1. The van der Waals surface area contributed by atoms with Crippen LogP contribution in [-0.2, 0) is 14.8 Å². The second kappa shape index (κ2) is 7.67. The summed E-state index contributed by atoms with van der Waals surface area (Å²) in [5, 5.41) is 11.0. The van der Waals surface area contributed by atoms with Gasteiger partial charge in [0.15, 0.2) is 0 Å². The molecule has 3 aromatic rings. The maximum atomic E-state index is 13.3. The van der Waals surface area contributed by atoms with Crippen LogP contribution in [-0.4, -0.2) is 32.6 Å². The summed E-state index contributed by atoms with van der Waals surface area (Å²) < 4.78 is 32.9. The number of rotatable bonds is 7. The Bertz CT molecular complexity index is 1080. The van der Waals surface area contributed by atoms with E-state index in [1.165, 1.54) is 12.1 Å². The number of para-hydroxylation sites is 2. The maximum absolute atomic E-state index is 13.3. The van der Waals surface area contributed by atoms with Gasteiger partial charge < -0.3 is 9.84 Å². The Labute approximate surface area is 157 Å². The highest BCUT2D eigenvalue weighted by Gasteiger charge is 2.29. The third-order valence-corrected chi connectivity index (χ3v) is 5.78. The number of hydrogen-bond donors (Lipinski definition) is 1. The molecule has 0 aliphatic rings. The molecule has 3 aromatic carbocycles. The number of carboxylic acid groups (broad SMARTS) is 1. The van der Waals surface area contributed by atoms with Crippen LogP contribution in [0.3, 0.4) is 0 Å². The van der Waals surface area contributed by atoms with E-state index < -0.39 is 22.5 Å². The fourth-order valence-corrected chi connectivity index (χ4v) is 4.28. The van der Waals surface area contributed by atoms with Gasteiger partial charge in [0.1, 0.15) is 12.3 Å². The first-order valence-corrected chi connectivity index (χ1v) is 9.82. The topological polar surface area (TPSA) is 83.9 Å². The molecule has 140 valence electrons. The van der Waals surface area contributed by atoms with Gasteiger partial charge in [-0.2, -0.15) is 0 Å².